The van der Waals surface area contributed by atoms with Crippen LogP contribution in [-0.4, -0.2) is 45.6 Å². The van der Waals surface area contributed by atoms with Crippen LogP contribution < -0.4 is 5.32 Å². The average Bonchev–Trinajstić information content (AvgIpc) is 2.92. The maximum atomic E-state index is 12.6. The van der Waals surface area contributed by atoms with Crippen molar-refractivity contribution in [3.63, 3.8) is 0 Å². The number of phenolic OH excluding ortho intramolecular Hbond substituents is 1. The van der Waals surface area contributed by atoms with E-state index in [0.29, 0.717) is 10.9 Å². The van der Waals surface area contributed by atoms with E-state index in [-0.39, 0.29) is 12.2 Å². The van der Waals surface area contributed by atoms with Crippen molar-refractivity contribution in [1.29, 1.82) is 0 Å². The van der Waals surface area contributed by atoms with Gasteiger partial charge in [-0.1, -0.05) is 0 Å². The maximum absolute atomic E-state index is 12.6. The first kappa shape index (κ1) is 23.1. The fourth-order valence-electron chi connectivity index (χ4n) is 2.62. The van der Waals surface area contributed by atoms with Crippen LogP contribution in [0, 0.1) is 0 Å². The predicted molar refractivity (Wildman–Crippen MR) is 109 cm³/mol. The van der Waals surface area contributed by atoms with Crippen LogP contribution in [0.4, 0.5) is 9.59 Å². The number of fused-ring (bicyclic) bond motifs is 1. The third kappa shape index (κ3) is 6.98. The third-order valence-corrected chi connectivity index (χ3v) is 3.72. The number of aromatic amines is 1. The van der Waals surface area contributed by atoms with Gasteiger partial charge < -0.3 is 29.6 Å². The summed E-state index contributed by atoms with van der Waals surface area (Å²) in [4.78, 5) is 39.8. The molecule has 0 fully saturated rings. The summed E-state index contributed by atoms with van der Waals surface area (Å²) in [5.74, 6) is -0.944. The van der Waals surface area contributed by atoms with Gasteiger partial charge in [0.05, 0.1) is 0 Å². The highest BCUT2D eigenvalue weighted by Crippen LogP contribution is 2.24. The molecule has 0 aliphatic heterocycles. The molecule has 0 unspecified atom stereocenters. The molecular formula is C21H28N2O7. The molecule has 0 radical (unpaired) electrons. The van der Waals surface area contributed by atoms with Crippen LogP contribution in [0.3, 0.4) is 0 Å². The molecule has 1 aromatic carbocycles. The van der Waals surface area contributed by atoms with Gasteiger partial charge in [-0.15, -0.1) is 0 Å². The number of alkyl carbamates (subject to hydrolysis) is 1. The Morgan fingerprint density at radius 3 is 2.30 bits per heavy atom. The van der Waals surface area contributed by atoms with Gasteiger partial charge in [-0.2, -0.15) is 0 Å². The molecule has 0 saturated carbocycles. The molecule has 0 bridgehead atoms. The summed E-state index contributed by atoms with van der Waals surface area (Å²) in [6, 6.07) is 3.51. The summed E-state index contributed by atoms with van der Waals surface area (Å²) < 4.78 is 15.0. The Morgan fingerprint density at radius 2 is 1.70 bits per heavy atom. The number of H-pyrrole nitrogens is 1. The summed E-state index contributed by atoms with van der Waals surface area (Å²) in [6.07, 6.45) is -0.365. The van der Waals surface area contributed by atoms with Gasteiger partial charge in [0.2, 0.25) is 0 Å². The molecule has 30 heavy (non-hydrogen) atoms. The van der Waals surface area contributed by atoms with Gasteiger partial charge in [-0.05, 0) is 65.3 Å². The Balaban J connectivity index is 2.23. The van der Waals surface area contributed by atoms with Crippen molar-refractivity contribution in [3.8, 4) is 5.75 Å². The quantitative estimate of drug-likeness (QED) is 0.507. The monoisotopic (exact) mass is 420 g/mol. The van der Waals surface area contributed by atoms with Crippen LogP contribution in [0.2, 0.25) is 0 Å². The number of nitrogens with one attached hydrogen (secondary N) is 2. The van der Waals surface area contributed by atoms with Crippen molar-refractivity contribution in [3.05, 3.63) is 30.0 Å². The summed E-state index contributed by atoms with van der Waals surface area (Å²) in [5.41, 5.74) is -0.266. The van der Waals surface area contributed by atoms with E-state index in [1.54, 1.807) is 53.8 Å². The molecule has 9 heteroatoms. The van der Waals surface area contributed by atoms with Gasteiger partial charge in [0, 0.05) is 23.5 Å². The first-order valence-electron chi connectivity index (χ1n) is 9.47. The second-order valence-corrected chi connectivity index (χ2v) is 8.83. The van der Waals surface area contributed by atoms with Crippen LogP contribution in [0.25, 0.3) is 10.9 Å². The molecule has 0 saturated heterocycles. The van der Waals surface area contributed by atoms with Gasteiger partial charge in [-0.3, -0.25) is 0 Å². The number of carbonyl (C=O) groups excluding carboxylic acids is 3. The molecule has 1 atom stereocenters. The molecule has 0 aliphatic carbocycles. The molecule has 1 heterocycles. The molecule has 0 spiro atoms. The fourth-order valence-corrected chi connectivity index (χ4v) is 2.62. The predicted octanol–water partition coefficient (Wildman–Crippen LogP) is 3.79. The number of esters is 1. The number of aromatic hydroxyl groups is 1. The van der Waals surface area contributed by atoms with E-state index in [1.807, 2.05) is 0 Å². The van der Waals surface area contributed by atoms with E-state index < -0.39 is 35.5 Å². The molecule has 3 N–H and O–H groups in total. The van der Waals surface area contributed by atoms with E-state index in [2.05, 4.69) is 10.3 Å². The molecule has 1 aromatic heterocycles. The van der Waals surface area contributed by atoms with Crippen molar-refractivity contribution in [2.75, 3.05) is 0 Å². The van der Waals surface area contributed by atoms with Crippen molar-refractivity contribution in [2.24, 2.45) is 0 Å². The molecule has 9 nitrogen and oxygen atoms in total. The molecule has 164 valence electrons. The van der Waals surface area contributed by atoms with E-state index in [1.165, 1.54) is 12.1 Å². The lowest BCUT2D eigenvalue weighted by molar-refractivity contribution is -0.143. The van der Waals surface area contributed by atoms with Crippen LogP contribution in [0.1, 0.15) is 47.1 Å². The zero-order valence-corrected chi connectivity index (χ0v) is 18.0. The van der Waals surface area contributed by atoms with Crippen molar-refractivity contribution >= 4 is 29.1 Å². The number of ether oxygens (including phenoxy) is 3. The van der Waals surface area contributed by atoms with E-state index >= 15 is 0 Å². The number of hydrogen-bond acceptors (Lipinski definition) is 7. The van der Waals surface area contributed by atoms with Gasteiger partial charge in [-0.25, -0.2) is 14.4 Å². The molecule has 0 aliphatic rings. The van der Waals surface area contributed by atoms with Crippen molar-refractivity contribution < 1.29 is 33.7 Å². The first-order valence-corrected chi connectivity index (χ1v) is 9.47. The highest BCUT2D eigenvalue weighted by Gasteiger charge is 2.30. The average molecular weight is 420 g/mol. The van der Waals surface area contributed by atoms with Crippen LogP contribution >= 0.6 is 0 Å². The third-order valence-electron chi connectivity index (χ3n) is 3.72. The Hall–Kier alpha value is -3.23. The molecular weight excluding hydrogens is 392 g/mol. The number of rotatable bonds is 4. The first-order chi connectivity index (χ1) is 13.7. The van der Waals surface area contributed by atoms with Crippen molar-refractivity contribution in [1.82, 2.24) is 10.3 Å². The van der Waals surface area contributed by atoms with Crippen molar-refractivity contribution in [2.45, 2.75) is 65.2 Å². The fraction of sp³-hybridized carbons (Fsp3) is 0.476. The maximum Gasteiger partial charge on any atom is 0.516 e. The Kier molecular flexibility index (Phi) is 6.64. The summed E-state index contributed by atoms with van der Waals surface area (Å²) in [6.45, 7) is 9.95. The number of amides is 1. The van der Waals surface area contributed by atoms with Gasteiger partial charge >= 0.3 is 18.2 Å². The summed E-state index contributed by atoms with van der Waals surface area (Å²) in [5, 5.41) is 12.9. The highest BCUT2D eigenvalue weighted by molar-refractivity contribution is 5.90. The topological polar surface area (TPSA) is 127 Å². The SMILES string of the molecule is CC(C)(C)OC(=O)N[C@@H](Cc1c[nH]c2ccc(O)cc12)C(=O)OC(=O)OC(C)(C)C. The van der Waals surface area contributed by atoms with E-state index in [0.717, 1.165) is 5.52 Å². The van der Waals surface area contributed by atoms with Gasteiger partial charge in [0.25, 0.3) is 0 Å². The smallest absolute Gasteiger partial charge is 0.508 e. The lowest BCUT2D eigenvalue weighted by Crippen LogP contribution is -2.46. The lowest BCUT2D eigenvalue weighted by atomic mass is 10.0. The molecule has 2 rings (SSSR count). The minimum Gasteiger partial charge on any atom is -0.508 e. The largest absolute Gasteiger partial charge is 0.516 e. The zero-order valence-electron chi connectivity index (χ0n) is 18.0. The van der Waals surface area contributed by atoms with Crippen LogP contribution in [0.15, 0.2) is 24.4 Å². The highest BCUT2D eigenvalue weighted by atomic mass is 16.7. The minimum absolute atomic E-state index is 0.00960. The lowest BCUT2D eigenvalue weighted by Gasteiger charge is -2.23. The number of carbonyl (C=O) groups is 3. The second kappa shape index (κ2) is 8.64. The van der Waals surface area contributed by atoms with Gasteiger partial charge in [0.15, 0.2) is 0 Å². The summed E-state index contributed by atoms with van der Waals surface area (Å²) >= 11 is 0. The summed E-state index contributed by atoms with van der Waals surface area (Å²) in [7, 11) is 0. The zero-order chi connectivity index (χ0) is 22.7. The van der Waals surface area contributed by atoms with Crippen LogP contribution in [0.5, 0.6) is 5.75 Å². The Morgan fingerprint density at radius 1 is 1.07 bits per heavy atom. The van der Waals surface area contributed by atoms with Crippen LogP contribution in [-0.2, 0) is 25.4 Å². The Labute approximate surface area is 174 Å². The number of aromatic nitrogens is 1. The minimum atomic E-state index is -1.23. The number of hydrogen-bond donors (Lipinski definition) is 3. The number of benzene rings is 1. The van der Waals surface area contributed by atoms with E-state index in [4.69, 9.17) is 14.2 Å². The molecule has 2 aromatic rings. The standard InChI is InChI=1S/C21H28N2O7/c1-20(2,3)29-18(26)23-16(17(25)28-19(27)30-21(4,5)6)9-12-11-22-15-8-7-13(24)10-14(12)15/h7-8,10-11,16,22,24H,9H2,1-6H3,(H,23,26)/t16-/m0/s1. The normalized spacial score (nSPS) is 12.9. The van der Waals surface area contributed by atoms with Gasteiger partial charge in [0.1, 0.15) is 23.0 Å². The number of phenols is 1. The van der Waals surface area contributed by atoms with E-state index in [9.17, 15) is 19.5 Å². The Bertz CT molecular complexity index is 935. The second-order valence-electron chi connectivity index (χ2n) is 8.83. The molecule has 1 amide bonds.